The number of rotatable bonds is 66. The quantitative estimate of drug-likeness (QED) is 0.0261. The normalized spacial score (nSPS) is 12.2. The Labute approximate surface area is 493 Å². The first-order chi connectivity index (χ1) is 39.0. The molecule has 0 spiro atoms. The summed E-state index contributed by atoms with van der Waals surface area (Å²) in [6.07, 6.45) is 84.7. The van der Waals surface area contributed by atoms with Crippen LogP contribution in [0.15, 0.2) is 36.5 Å². The molecule has 0 saturated heterocycles. The summed E-state index contributed by atoms with van der Waals surface area (Å²) in [6.45, 7) is 6.67. The Hall–Kier alpha value is -2.37. The first kappa shape index (κ1) is 76.6. The van der Waals surface area contributed by atoms with Crippen LogP contribution in [-0.2, 0) is 28.6 Å². The molecule has 0 saturated carbocycles. The second kappa shape index (κ2) is 68.1. The lowest BCUT2D eigenvalue weighted by atomic mass is 10.0. The minimum absolute atomic E-state index is 0.0721. The van der Waals surface area contributed by atoms with Crippen molar-refractivity contribution in [1.29, 1.82) is 0 Å². The van der Waals surface area contributed by atoms with Gasteiger partial charge in [-0.25, -0.2) is 0 Å². The van der Waals surface area contributed by atoms with Gasteiger partial charge in [0.2, 0.25) is 0 Å². The molecular formula is C73H136O6. The van der Waals surface area contributed by atoms with Gasteiger partial charge >= 0.3 is 17.9 Å². The fourth-order valence-corrected chi connectivity index (χ4v) is 10.8. The Bertz CT molecular complexity index is 1320. The lowest BCUT2D eigenvalue weighted by Crippen LogP contribution is -2.30. The largest absolute Gasteiger partial charge is 0.462 e. The maximum absolute atomic E-state index is 12.9. The second-order valence-electron chi connectivity index (χ2n) is 24.2. The zero-order chi connectivity index (χ0) is 57.1. The smallest absolute Gasteiger partial charge is 0.306 e. The number of allylic oxidation sites excluding steroid dienone is 6. The lowest BCUT2D eigenvalue weighted by molar-refractivity contribution is -0.167. The summed E-state index contributed by atoms with van der Waals surface area (Å²) in [5.41, 5.74) is 0. The van der Waals surface area contributed by atoms with E-state index >= 15 is 0 Å². The third-order valence-corrected chi connectivity index (χ3v) is 16.1. The highest BCUT2D eigenvalue weighted by atomic mass is 16.6. The van der Waals surface area contributed by atoms with Crippen molar-refractivity contribution < 1.29 is 28.6 Å². The zero-order valence-corrected chi connectivity index (χ0v) is 53.4. The molecule has 0 bridgehead atoms. The van der Waals surface area contributed by atoms with Crippen LogP contribution in [0.2, 0.25) is 0 Å². The van der Waals surface area contributed by atoms with Gasteiger partial charge in [0.05, 0.1) is 0 Å². The summed E-state index contributed by atoms with van der Waals surface area (Å²) < 4.78 is 17.0. The van der Waals surface area contributed by atoms with Crippen molar-refractivity contribution in [2.24, 2.45) is 0 Å². The van der Waals surface area contributed by atoms with Gasteiger partial charge in [-0.15, -0.1) is 0 Å². The van der Waals surface area contributed by atoms with Gasteiger partial charge in [-0.3, -0.25) is 14.4 Å². The maximum Gasteiger partial charge on any atom is 0.306 e. The van der Waals surface area contributed by atoms with Gasteiger partial charge in [-0.2, -0.15) is 0 Å². The van der Waals surface area contributed by atoms with E-state index < -0.39 is 6.10 Å². The number of ether oxygens (including phenoxy) is 3. The van der Waals surface area contributed by atoms with Gasteiger partial charge in [0.15, 0.2) is 6.10 Å². The molecule has 0 aromatic heterocycles. The minimum atomic E-state index is -0.776. The van der Waals surface area contributed by atoms with Gasteiger partial charge in [0.25, 0.3) is 0 Å². The zero-order valence-electron chi connectivity index (χ0n) is 53.4. The summed E-state index contributed by atoms with van der Waals surface area (Å²) in [7, 11) is 0. The Balaban J connectivity index is 4.15. The fourth-order valence-electron chi connectivity index (χ4n) is 10.8. The molecule has 79 heavy (non-hydrogen) atoms. The van der Waals surface area contributed by atoms with E-state index in [0.717, 1.165) is 77.0 Å². The van der Waals surface area contributed by atoms with Crippen molar-refractivity contribution in [1.82, 2.24) is 0 Å². The number of esters is 3. The number of carbonyl (C=O) groups is 3. The fraction of sp³-hybridized carbons (Fsp3) is 0.877. The van der Waals surface area contributed by atoms with Crippen LogP contribution in [0.1, 0.15) is 393 Å². The summed E-state index contributed by atoms with van der Waals surface area (Å²) >= 11 is 0. The molecule has 0 rings (SSSR count). The number of unbranched alkanes of at least 4 members (excludes halogenated alkanes) is 49. The number of hydrogen-bond acceptors (Lipinski definition) is 6. The molecule has 0 aliphatic heterocycles. The summed E-state index contributed by atoms with van der Waals surface area (Å²) in [6, 6.07) is 0. The molecule has 0 heterocycles. The molecule has 0 aliphatic rings. The maximum atomic E-state index is 12.9. The van der Waals surface area contributed by atoms with Crippen LogP contribution in [0.4, 0.5) is 0 Å². The topological polar surface area (TPSA) is 78.9 Å². The molecule has 0 amide bonds. The SMILES string of the molecule is CCCCC/C=C\C/C=C\C/C=C\CCCCCCCCC(=O)OC(COC(=O)CCCCCCCCCCCCCC)COC(=O)CCCCCCCCCCCCCCCCCCCCCCCCCCCCCCCC. The van der Waals surface area contributed by atoms with Crippen LogP contribution in [0, 0.1) is 0 Å². The molecule has 1 unspecified atom stereocenters. The lowest BCUT2D eigenvalue weighted by Gasteiger charge is -2.18. The third-order valence-electron chi connectivity index (χ3n) is 16.1. The van der Waals surface area contributed by atoms with Gasteiger partial charge in [0.1, 0.15) is 13.2 Å². The molecule has 0 radical (unpaired) electrons. The molecule has 6 heteroatoms. The second-order valence-corrected chi connectivity index (χ2v) is 24.2. The summed E-state index contributed by atoms with van der Waals surface area (Å²) in [4.78, 5) is 38.4. The van der Waals surface area contributed by atoms with Crippen molar-refractivity contribution >= 4 is 17.9 Å². The monoisotopic (exact) mass is 1110 g/mol. The van der Waals surface area contributed by atoms with E-state index in [4.69, 9.17) is 14.2 Å². The Morgan fingerprint density at radius 2 is 0.456 bits per heavy atom. The average molecular weight is 1110 g/mol. The van der Waals surface area contributed by atoms with Crippen LogP contribution in [0.3, 0.4) is 0 Å². The minimum Gasteiger partial charge on any atom is -0.462 e. The third kappa shape index (κ3) is 66.3. The highest BCUT2D eigenvalue weighted by Gasteiger charge is 2.19. The van der Waals surface area contributed by atoms with Crippen molar-refractivity contribution in [2.45, 2.75) is 399 Å². The molecule has 464 valence electrons. The van der Waals surface area contributed by atoms with Crippen molar-refractivity contribution in [3.8, 4) is 0 Å². The van der Waals surface area contributed by atoms with Crippen LogP contribution >= 0.6 is 0 Å². The van der Waals surface area contributed by atoms with E-state index in [2.05, 4.69) is 57.2 Å². The molecule has 0 fully saturated rings. The highest BCUT2D eigenvalue weighted by Crippen LogP contribution is 2.19. The number of carbonyl (C=O) groups excluding carboxylic acids is 3. The van der Waals surface area contributed by atoms with Crippen LogP contribution in [0.25, 0.3) is 0 Å². The standard InChI is InChI=1S/C73H136O6/c1-4-7-10-13-16-19-22-25-27-29-31-32-33-34-35-36-37-38-39-40-41-43-44-46-48-51-54-57-60-63-66-72(75)78-69-70(68-77-71(74)65-62-59-56-53-50-24-21-18-15-12-9-6-3)79-73(76)67-64-61-58-55-52-49-47-45-42-30-28-26-23-20-17-14-11-8-5-2/h17,20,26,28,42,45,70H,4-16,18-19,21-25,27,29-41,43-44,46-69H2,1-3H3/b20-17-,28-26-,45-42-. The van der Waals surface area contributed by atoms with Crippen molar-refractivity contribution in [2.75, 3.05) is 13.2 Å². The summed E-state index contributed by atoms with van der Waals surface area (Å²) in [5.74, 6) is -0.858. The van der Waals surface area contributed by atoms with E-state index in [1.165, 1.54) is 276 Å². The van der Waals surface area contributed by atoms with Crippen LogP contribution < -0.4 is 0 Å². The molecule has 6 nitrogen and oxygen atoms in total. The molecule has 0 aromatic rings. The molecule has 0 aliphatic carbocycles. The van der Waals surface area contributed by atoms with E-state index in [9.17, 15) is 14.4 Å². The van der Waals surface area contributed by atoms with Crippen molar-refractivity contribution in [3.05, 3.63) is 36.5 Å². The number of hydrogen-bond donors (Lipinski definition) is 0. The first-order valence-electron chi connectivity index (χ1n) is 35.5. The predicted octanol–water partition coefficient (Wildman–Crippen LogP) is 24.3. The Kier molecular flexibility index (Phi) is 66.1. The summed E-state index contributed by atoms with van der Waals surface area (Å²) in [5, 5.41) is 0. The van der Waals surface area contributed by atoms with Crippen molar-refractivity contribution in [3.63, 3.8) is 0 Å². The van der Waals surface area contributed by atoms with Crippen LogP contribution in [-0.4, -0.2) is 37.2 Å². The van der Waals surface area contributed by atoms with E-state index in [-0.39, 0.29) is 31.1 Å². The van der Waals surface area contributed by atoms with Crippen LogP contribution in [0.5, 0.6) is 0 Å². The Morgan fingerprint density at radius 3 is 0.734 bits per heavy atom. The molecule has 1 atom stereocenters. The van der Waals surface area contributed by atoms with Gasteiger partial charge in [-0.05, 0) is 57.8 Å². The molecular weight excluding hydrogens is 973 g/mol. The molecule has 0 N–H and O–H groups in total. The van der Waals surface area contributed by atoms with Gasteiger partial charge < -0.3 is 14.2 Å². The van der Waals surface area contributed by atoms with Gasteiger partial charge in [-0.1, -0.05) is 353 Å². The average Bonchev–Trinajstić information content (AvgIpc) is 3.45. The molecule has 0 aromatic carbocycles. The van der Waals surface area contributed by atoms with E-state index in [1.54, 1.807) is 0 Å². The van der Waals surface area contributed by atoms with E-state index in [1.807, 2.05) is 0 Å². The Morgan fingerprint density at radius 1 is 0.253 bits per heavy atom. The van der Waals surface area contributed by atoms with E-state index in [0.29, 0.717) is 19.3 Å². The predicted molar refractivity (Wildman–Crippen MR) is 344 cm³/mol. The first-order valence-corrected chi connectivity index (χ1v) is 35.5. The van der Waals surface area contributed by atoms with Gasteiger partial charge in [0, 0.05) is 19.3 Å². The highest BCUT2D eigenvalue weighted by molar-refractivity contribution is 5.71.